The van der Waals surface area contributed by atoms with Crippen LogP contribution in [0.1, 0.15) is 37.4 Å². The first-order valence-electron chi connectivity index (χ1n) is 5.89. The van der Waals surface area contributed by atoms with Gasteiger partial charge in [0.1, 0.15) is 0 Å². The quantitative estimate of drug-likeness (QED) is 0.876. The molecular weight excluding hydrogens is 230 g/mol. The highest BCUT2D eigenvalue weighted by Gasteiger charge is 2.02. The van der Waals surface area contributed by atoms with Crippen molar-refractivity contribution in [3.63, 3.8) is 0 Å². The largest absolute Gasteiger partial charge is 0.379 e. The van der Waals surface area contributed by atoms with Gasteiger partial charge in [-0.05, 0) is 41.6 Å². The summed E-state index contributed by atoms with van der Waals surface area (Å²) in [7, 11) is 0. The Hall–Kier alpha value is -1.42. The van der Waals surface area contributed by atoms with Crippen molar-refractivity contribution < 1.29 is 0 Å². The highest BCUT2D eigenvalue weighted by molar-refractivity contribution is 7.03. The second-order valence-corrected chi connectivity index (χ2v) is 4.79. The molecule has 0 spiro atoms. The highest BCUT2D eigenvalue weighted by atomic mass is 32.1. The standard InChI is InChI=1S/C13H17N3S/c1-3-10(2)11-4-6-12(7-5-11)14-8-13-9-17-16-15-13/h4-7,9-10,14H,3,8H2,1-2H3. The molecule has 0 aliphatic heterocycles. The number of nitrogens with one attached hydrogen (secondary N) is 1. The van der Waals surface area contributed by atoms with Crippen molar-refractivity contribution in [1.82, 2.24) is 9.59 Å². The first-order valence-corrected chi connectivity index (χ1v) is 6.73. The van der Waals surface area contributed by atoms with Gasteiger partial charge in [-0.1, -0.05) is 30.5 Å². The zero-order chi connectivity index (χ0) is 12.1. The van der Waals surface area contributed by atoms with Crippen LogP contribution in [0.2, 0.25) is 0 Å². The molecule has 0 aliphatic carbocycles. The lowest BCUT2D eigenvalue weighted by molar-refractivity contribution is 0.734. The molecule has 0 radical (unpaired) electrons. The second kappa shape index (κ2) is 5.77. The smallest absolute Gasteiger partial charge is 0.0946 e. The van der Waals surface area contributed by atoms with Gasteiger partial charge in [-0.15, -0.1) is 5.10 Å². The van der Waals surface area contributed by atoms with Crippen molar-refractivity contribution in [2.24, 2.45) is 0 Å². The highest BCUT2D eigenvalue weighted by Crippen LogP contribution is 2.20. The number of rotatable bonds is 5. The SMILES string of the molecule is CCC(C)c1ccc(NCc2csnn2)cc1. The van der Waals surface area contributed by atoms with Crippen LogP contribution in [0.25, 0.3) is 0 Å². The molecule has 0 saturated heterocycles. The number of anilines is 1. The number of aromatic nitrogens is 2. The van der Waals surface area contributed by atoms with E-state index in [9.17, 15) is 0 Å². The predicted octanol–water partition coefficient (Wildman–Crippen LogP) is 3.66. The Morgan fingerprint density at radius 1 is 1.29 bits per heavy atom. The maximum absolute atomic E-state index is 4.00. The molecule has 17 heavy (non-hydrogen) atoms. The van der Waals surface area contributed by atoms with Crippen LogP contribution in [0.5, 0.6) is 0 Å². The van der Waals surface area contributed by atoms with Crippen LogP contribution in [-0.2, 0) is 6.54 Å². The Morgan fingerprint density at radius 3 is 2.65 bits per heavy atom. The first kappa shape index (κ1) is 12.0. The van der Waals surface area contributed by atoms with Crippen molar-refractivity contribution in [3.8, 4) is 0 Å². The van der Waals surface area contributed by atoms with Crippen molar-refractivity contribution >= 4 is 17.2 Å². The fourth-order valence-corrected chi connectivity index (χ4v) is 2.07. The van der Waals surface area contributed by atoms with E-state index in [2.05, 4.69) is 53.0 Å². The van der Waals surface area contributed by atoms with Gasteiger partial charge in [0.05, 0.1) is 12.2 Å². The lowest BCUT2D eigenvalue weighted by Gasteiger charge is -2.10. The minimum absolute atomic E-state index is 0.631. The van der Waals surface area contributed by atoms with Crippen LogP contribution in [0.15, 0.2) is 29.6 Å². The maximum Gasteiger partial charge on any atom is 0.0946 e. The lowest BCUT2D eigenvalue weighted by Crippen LogP contribution is -2.00. The Balaban J connectivity index is 1.94. The summed E-state index contributed by atoms with van der Waals surface area (Å²) in [5.74, 6) is 0.631. The van der Waals surface area contributed by atoms with Crippen LogP contribution in [-0.4, -0.2) is 9.59 Å². The molecule has 90 valence electrons. The third kappa shape index (κ3) is 3.27. The number of hydrogen-bond acceptors (Lipinski definition) is 4. The minimum atomic E-state index is 0.631. The summed E-state index contributed by atoms with van der Waals surface area (Å²) in [4.78, 5) is 0. The molecule has 2 aromatic rings. The van der Waals surface area contributed by atoms with Crippen LogP contribution in [0.3, 0.4) is 0 Å². The van der Waals surface area contributed by atoms with Crippen molar-refractivity contribution in [1.29, 1.82) is 0 Å². The Labute approximate surface area is 106 Å². The molecule has 0 bridgehead atoms. The maximum atomic E-state index is 4.00. The van der Waals surface area contributed by atoms with Crippen LogP contribution < -0.4 is 5.32 Å². The second-order valence-electron chi connectivity index (χ2n) is 4.18. The van der Waals surface area contributed by atoms with Gasteiger partial charge in [0.2, 0.25) is 0 Å². The van der Waals surface area contributed by atoms with E-state index >= 15 is 0 Å². The van der Waals surface area contributed by atoms with Gasteiger partial charge in [-0.2, -0.15) is 0 Å². The monoisotopic (exact) mass is 247 g/mol. The van der Waals surface area contributed by atoms with Gasteiger partial charge >= 0.3 is 0 Å². The molecule has 1 aromatic heterocycles. The Morgan fingerprint density at radius 2 is 2.06 bits per heavy atom. The van der Waals surface area contributed by atoms with Gasteiger partial charge in [0, 0.05) is 11.1 Å². The topological polar surface area (TPSA) is 37.8 Å². The van der Waals surface area contributed by atoms with E-state index in [0.717, 1.165) is 17.9 Å². The van der Waals surface area contributed by atoms with Crippen LogP contribution in [0.4, 0.5) is 5.69 Å². The zero-order valence-corrected chi connectivity index (χ0v) is 11.0. The number of nitrogens with zero attached hydrogens (tertiary/aromatic N) is 2. The molecule has 1 N–H and O–H groups in total. The third-order valence-electron chi connectivity index (χ3n) is 2.97. The molecule has 2 rings (SSSR count). The molecule has 1 atom stereocenters. The number of hydrogen-bond donors (Lipinski definition) is 1. The predicted molar refractivity (Wildman–Crippen MR) is 72.4 cm³/mol. The third-order valence-corrected chi connectivity index (χ3v) is 3.52. The Bertz CT molecular complexity index is 436. The van der Waals surface area contributed by atoms with E-state index in [1.807, 2.05) is 5.38 Å². The van der Waals surface area contributed by atoms with Crippen molar-refractivity contribution in [3.05, 3.63) is 40.9 Å². The van der Waals surface area contributed by atoms with Crippen LogP contribution >= 0.6 is 11.5 Å². The summed E-state index contributed by atoms with van der Waals surface area (Å²) in [6.45, 7) is 5.20. The van der Waals surface area contributed by atoms with E-state index in [4.69, 9.17) is 0 Å². The van der Waals surface area contributed by atoms with Gasteiger partial charge in [-0.3, -0.25) is 0 Å². The van der Waals surface area contributed by atoms with E-state index in [0.29, 0.717) is 5.92 Å². The summed E-state index contributed by atoms with van der Waals surface area (Å²) in [6, 6.07) is 8.63. The fraction of sp³-hybridized carbons (Fsp3) is 0.385. The van der Waals surface area contributed by atoms with E-state index < -0.39 is 0 Å². The van der Waals surface area contributed by atoms with E-state index in [1.54, 1.807) is 0 Å². The number of benzene rings is 1. The van der Waals surface area contributed by atoms with Crippen molar-refractivity contribution in [2.45, 2.75) is 32.7 Å². The lowest BCUT2D eigenvalue weighted by atomic mass is 9.99. The van der Waals surface area contributed by atoms with Gasteiger partial charge in [0.25, 0.3) is 0 Å². The Kier molecular flexibility index (Phi) is 4.09. The molecule has 0 fully saturated rings. The fourth-order valence-electron chi connectivity index (χ4n) is 1.62. The molecule has 0 aliphatic rings. The normalized spacial score (nSPS) is 12.4. The summed E-state index contributed by atoms with van der Waals surface area (Å²) >= 11 is 1.38. The van der Waals surface area contributed by atoms with Gasteiger partial charge in [0.15, 0.2) is 0 Å². The molecule has 1 aromatic carbocycles. The molecule has 1 unspecified atom stereocenters. The summed E-state index contributed by atoms with van der Waals surface area (Å²) < 4.78 is 3.83. The van der Waals surface area contributed by atoms with Crippen molar-refractivity contribution in [2.75, 3.05) is 5.32 Å². The minimum Gasteiger partial charge on any atom is -0.379 e. The summed E-state index contributed by atoms with van der Waals surface area (Å²) in [5.41, 5.74) is 3.51. The molecule has 0 amide bonds. The van der Waals surface area contributed by atoms with E-state index in [1.165, 1.54) is 23.5 Å². The van der Waals surface area contributed by atoms with Gasteiger partial charge in [-0.25, -0.2) is 0 Å². The summed E-state index contributed by atoms with van der Waals surface area (Å²) in [5, 5.41) is 9.29. The average Bonchev–Trinajstić information content (AvgIpc) is 2.89. The van der Waals surface area contributed by atoms with E-state index in [-0.39, 0.29) is 0 Å². The van der Waals surface area contributed by atoms with Crippen LogP contribution in [0, 0.1) is 0 Å². The molecule has 0 saturated carbocycles. The molecular formula is C13H17N3S. The molecule has 3 nitrogen and oxygen atoms in total. The first-order chi connectivity index (χ1) is 8.29. The summed E-state index contributed by atoms with van der Waals surface area (Å²) in [6.07, 6.45) is 1.18. The van der Waals surface area contributed by atoms with Gasteiger partial charge < -0.3 is 5.32 Å². The molecule has 4 heteroatoms. The zero-order valence-electron chi connectivity index (χ0n) is 10.2. The average molecular weight is 247 g/mol. The molecule has 1 heterocycles.